The Bertz CT molecular complexity index is 263. The van der Waals surface area contributed by atoms with Gasteiger partial charge in [-0.15, -0.1) is 0 Å². The maximum Gasteiger partial charge on any atom is 0.141 e. The molecule has 3 N–H and O–H groups in total. The van der Waals surface area contributed by atoms with Crippen LogP contribution < -0.4 is 16.1 Å². The van der Waals surface area contributed by atoms with Crippen molar-refractivity contribution < 1.29 is 0 Å². The molecule has 2 unspecified atom stereocenters. The Morgan fingerprint density at radius 3 is 2.26 bits per heavy atom. The summed E-state index contributed by atoms with van der Waals surface area (Å²) in [5, 5.41) is 10.0. The van der Waals surface area contributed by atoms with Gasteiger partial charge in [0.15, 0.2) is 0 Å². The second kappa shape index (κ2) is 7.02. The summed E-state index contributed by atoms with van der Waals surface area (Å²) in [6, 6.07) is 0. The van der Waals surface area contributed by atoms with E-state index >= 15 is 0 Å². The highest BCUT2D eigenvalue weighted by molar-refractivity contribution is 4.98. The van der Waals surface area contributed by atoms with Crippen molar-refractivity contribution in [1.29, 1.82) is 0 Å². The monoisotopic (exact) mass is 268 g/mol. The van der Waals surface area contributed by atoms with E-state index in [1.807, 2.05) is 0 Å². The van der Waals surface area contributed by atoms with E-state index in [0.29, 0.717) is 0 Å². The minimum atomic E-state index is -0.0388. The molecule has 0 aromatic rings. The van der Waals surface area contributed by atoms with Gasteiger partial charge in [0.1, 0.15) is 5.79 Å². The van der Waals surface area contributed by atoms with Gasteiger partial charge in [0, 0.05) is 19.0 Å². The molecular weight excluding hydrogens is 236 g/mol. The summed E-state index contributed by atoms with van der Waals surface area (Å²) < 4.78 is 0. The van der Waals surface area contributed by atoms with Crippen LogP contribution in [0, 0.1) is 11.8 Å². The van der Waals surface area contributed by atoms with Crippen molar-refractivity contribution in [3.63, 3.8) is 0 Å². The van der Waals surface area contributed by atoms with Gasteiger partial charge in [-0.05, 0) is 38.3 Å². The minimum Gasteiger partial charge on any atom is -0.286 e. The zero-order chi connectivity index (χ0) is 13.7. The van der Waals surface area contributed by atoms with Crippen molar-refractivity contribution in [3.05, 3.63) is 0 Å². The SMILES string of the molecule is CCNN1CCC2CCCCC2C1(NCC)NCC. The van der Waals surface area contributed by atoms with Crippen molar-refractivity contribution in [3.8, 4) is 0 Å². The highest BCUT2D eigenvalue weighted by Gasteiger charge is 2.50. The van der Waals surface area contributed by atoms with E-state index in [1.165, 1.54) is 32.1 Å². The van der Waals surface area contributed by atoms with Crippen LogP contribution in [0.15, 0.2) is 0 Å². The summed E-state index contributed by atoms with van der Waals surface area (Å²) in [6.45, 7) is 10.8. The third-order valence-corrected chi connectivity index (χ3v) is 4.84. The molecule has 0 aromatic heterocycles. The van der Waals surface area contributed by atoms with Gasteiger partial charge in [0.25, 0.3) is 0 Å². The van der Waals surface area contributed by atoms with Gasteiger partial charge in [-0.2, -0.15) is 0 Å². The number of hydrogen-bond acceptors (Lipinski definition) is 4. The fourth-order valence-corrected chi connectivity index (χ4v) is 4.22. The minimum absolute atomic E-state index is 0.0388. The maximum absolute atomic E-state index is 3.79. The first-order chi connectivity index (χ1) is 9.28. The molecule has 0 spiro atoms. The normalized spacial score (nSPS) is 31.1. The Morgan fingerprint density at radius 2 is 1.63 bits per heavy atom. The molecule has 2 fully saturated rings. The molecule has 19 heavy (non-hydrogen) atoms. The van der Waals surface area contributed by atoms with Crippen molar-refractivity contribution in [2.45, 2.75) is 58.7 Å². The molecule has 1 aliphatic carbocycles. The number of fused-ring (bicyclic) bond motifs is 1. The van der Waals surface area contributed by atoms with Crippen LogP contribution in [0.4, 0.5) is 0 Å². The molecule has 2 rings (SSSR count). The van der Waals surface area contributed by atoms with Crippen molar-refractivity contribution >= 4 is 0 Å². The van der Waals surface area contributed by atoms with E-state index in [-0.39, 0.29) is 5.79 Å². The van der Waals surface area contributed by atoms with Gasteiger partial charge in [0.2, 0.25) is 0 Å². The largest absolute Gasteiger partial charge is 0.286 e. The molecule has 112 valence electrons. The lowest BCUT2D eigenvalue weighted by Gasteiger charge is -2.57. The van der Waals surface area contributed by atoms with Crippen LogP contribution in [0.3, 0.4) is 0 Å². The molecule has 0 amide bonds. The molecule has 0 radical (unpaired) electrons. The third-order valence-electron chi connectivity index (χ3n) is 4.84. The summed E-state index contributed by atoms with van der Waals surface area (Å²) in [5.41, 5.74) is 3.59. The second-order valence-corrected chi connectivity index (χ2v) is 5.93. The topological polar surface area (TPSA) is 39.3 Å². The molecule has 4 heteroatoms. The Morgan fingerprint density at radius 1 is 0.947 bits per heavy atom. The summed E-state index contributed by atoms with van der Waals surface area (Å²) in [6.07, 6.45) is 6.93. The smallest absolute Gasteiger partial charge is 0.141 e. The van der Waals surface area contributed by atoms with Crippen LogP contribution in [-0.4, -0.2) is 37.0 Å². The predicted octanol–water partition coefficient (Wildman–Crippen LogP) is 1.90. The van der Waals surface area contributed by atoms with Crippen LogP contribution in [-0.2, 0) is 0 Å². The van der Waals surface area contributed by atoms with Crippen molar-refractivity contribution in [2.75, 3.05) is 26.2 Å². The first-order valence-electron chi connectivity index (χ1n) is 8.29. The number of hydrogen-bond donors (Lipinski definition) is 3. The number of hydrazine groups is 1. The molecule has 4 nitrogen and oxygen atoms in total. The average molecular weight is 268 g/mol. The molecule has 1 heterocycles. The Balaban J connectivity index is 2.24. The molecule has 2 atom stereocenters. The standard InChI is InChI=1S/C15H32N4/c1-4-16-15(17-5-2)14-10-8-7-9-13(14)11-12-19(15)18-6-3/h13-14,16-18H,4-12H2,1-3H3. The fraction of sp³-hybridized carbons (Fsp3) is 1.00. The zero-order valence-electron chi connectivity index (χ0n) is 13.0. The fourth-order valence-electron chi connectivity index (χ4n) is 4.22. The van der Waals surface area contributed by atoms with Crippen molar-refractivity contribution in [1.82, 2.24) is 21.1 Å². The Hall–Kier alpha value is -0.160. The Labute approximate surface area is 118 Å². The second-order valence-electron chi connectivity index (χ2n) is 5.93. The predicted molar refractivity (Wildman–Crippen MR) is 80.5 cm³/mol. The molecule has 0 bridgehead atoms. The van der Waals surface area contributed by atoms with Crippen molar-refractivity contribution in [2.24, 2.45) is 11.8 Å². The third kappa shape index (κ3) is 2.97. The van der Waals surface area contributed by atoms with Gasteiger partial charge in [-0.1, -0.05) is 33.6 Å². The summed E-state index contributed by atoms with van der Waals surface area (Å²) in [4.78, 5) is 0. The number of nitrogens with one attached hydrogen (secondary N) is 3. The summed E-state index contributed by atoms with van der Waals surface area (Å²) in [7, 11) is 0. The van der Waals surface area contributed by atoms with Gasteiger partial charge >= 0.3 is 0 Å². The lowest BCUT2D eigenvalue weighted by Crippen LogP contribution is -2.77. The lowest BCUT2D eigenvalue weighted by molar-refractivity contribution is -0.124. The van der Waals surface area contributed by atoms with E-state index in [1.54, 1.807) is 0 Å². The van der Waals surface area contributed by atoms with Crippen LogP contribution in [0.2, 0.25) is 0 Å². The van der Waals surface area contributed by atoms with E-state index in [2.05, 4.69) is 41.8 Å². The molecule has 1 saturated carbocycles. The van der Waals surface area contributed by atoms with E-state index in [9.17, 15) is 0 Å². The van der Waals surface area contributed by atoms with E-state index in [0.717, 1.165) is 38.0 Å². The van der Waals surface area contributed by atoms with E-state index < -0.39 is 0 Å². The molecule has 1 aliphatic heterocycles. The van der Waals surface area contributed by atoms with Crippen LogP contribution in [0.5, 0.6) is 0 Å². The first kappa shape index (κ1) is 15.2. The Kier molecular flexibility index (Phi) is 5.63. The highest BCUT2D eigenvalue weighted by Crippen LogP contribution is 2.42. The molecule has 2 aliphatic rings. The zero-order valence-corrected chi connectivity index (χ0v) is 13.0. The van der Waals surface area contributed by atoms with Gasteiger partial charge in [-0.3, -0.25) is 16.1 Å². The van der Waals surface area contributed by atoms with Crippen LogP contribution in [0.1, 0.15) is 52.9 Å². The molecular formula is C15H32N4. The average Bonchev–Trinajstić information content (AvgIpc) is 2.43. The highest BCUT2D eigenvalue weighted by atomic mass is 15.6. The lowest BCUT2D eigenvalue weighted by atomic mass is 9.71. The number of nitrogens with zero attached hydrogens (tertiary/aromatic N) is 1. The number of piperidine rings is 1. The van der Waals surface area contributed by atoms with Crippen LogP contribution >= 0.6 is 0 Å². The van der Waals surface area contributed by atoms with E-state index in [4.69, 9.17) is 0 Å². The quantitative estimate of drug-likeness (QED) is 0.643. The molecule has 1 saturated heterocycles. The maximum atomic E-state index is 3.79. The first-order valence-corrected chi connectivity index (χ1v) is 8.29. The summed E-state index contributed by atoms with van der Waals surface area (Å²) in [5.74, 6) is 1.58. The van der Waals surface area contributed by atoms with Gasteiger partial charge in [-0.25, -0.2) is 5.01 Å². The summed E-state index contributed by atoms with van der Waals surface area (Å²) >= 11 is 0. The van der Waals surface area contributed by atoms with Gasteiger partial charge < -0.3 is 0 Å². The van der Waals surface area contributed by atoms with Crippen LogP contribution in [0.25, 0.3) is 0 Å². The molecule has 0 aromatic carbocycles. The van der Waals surface area contributed by atoms with Gasteiger partial charge in [0.05, 0.1) is 0 Å². The number of rotatable bonds is 6.